The van der Waals surface area contributed by atoms with Crippen molar-refractivity contribution in [3.05, 3.63) is 53.5 Å². The molecule has 138 valence electrons. The van der Waals surface area contributed by atoms with Crippen LogP contribution in [0, 0.1) is 6.92 Å². The second-order valence-electron chi connectivity index (χ2n) is 6.49. The van der Waals surface area contributed by atoms with Gasteiger partial charge in [-0.1, -0.05) is 51.0 Å². The summed E-state index contributed by atoms with van der Waals surface area (Å²) in [7, 11) is -1.91. The Morgan fingerprint density at radius 2 is 1.60 bits per heavy atom. The van der Waals surface area contributed by atoms with Gasteiger partial charge in [-0.05, 0) is 31.2 Å². The maximum absolute atomic E-state index is 13.4. The third kappa shape index (κ3) is 4.11. The quantitative estimate of drug-likeness (QED) is 0.542. The summed E-state index contributed by atoms with van der Waals surface area (Å²) in [6.07, 6.45) is -4.39. The van der Waals surface area contributed by atoms with Crippen molar-refractivity contribution in [2.24, 2.45) is 0 Å². The lowest BCUT2D eigenvalue weighted by molar-refractivity contribution is -0.137. The predicted octanol–water partition coefficient (Wildman–Crippen LogP) is 6.81. The summed E-state index contributed by atoms with van der Waals surface area (Å²) in [4.78, 5) is 0. The van der Waals surface area contributed by atoms with Crippen LogP contribution in [0.1, 0.15) is 43.5 Å². The van der Waals surface area contributed by atoms with Crippen molar-refractivity contribution in [3.8, 4) is 0 Å². The van der Waals surface area contributed by atoms with Crippen molar-refractivity contribution in [2.75, 3.05) is 5.32 Å². The standard InChI is InChI=1S/C19H26F3NOSi/c1-5-25(6-2,7-3)18(17-13-12-14(4)24-17)23-16-11-9-8-10-15(16)19(20,21)22/h8-13,18,23H,5-7H2,1-4H3. The van der Waals surface area contributed by atoms with Gasteiger partial charge in [-0.15, -0.1) is 0 Å². The molecule has 0 spiro atoms. The van der Waals surface area contributed by atoms with Gasteiger partial charge in [0.1, 0.15) is 11.5 Å². The number of hydrogen-bond acceptors (Lipinski definition) is 2. The van der Waals surface area contributed by atoms with Crippen molar-refractivity contribution in [1.29, 1.82) is 0 Å². The molecule has 2 aromatic rings. The van der Waals surface area contributed by atoms with Crippen LogP contribution in [0.3, 0.4) is 0 Å². The fourth-order valence-corrected chi connectivity index (χ4v) is 7.45. The molecule has 1 aromatic heterocycles. The van der Waals surface area contributed by atoms with Crippen LogP contribution in [0.4, 0.5) is 18.9 Å². The number of rotatable bonds is 7. The van der Waals surface area contributed by atoms with Gasteiger partial charge < -0.3 is 9.73 Å². The first-order valence-corrected chi connectivity index (χ1v) is 11.5. The first kappa shape index (κ1) is 19.6. The number of furan rings is 1. The van der Waals surface area contributed by atoms with Crippen LogP contribution >= 0.6 is 0 Å². The summed E-state index contributed by atoms with van der Waals surface area (Å²) in [5.74, 6) is 1.52. The molecule has 1 atom stereocenters. The molecule has 2 rings (SSSR count). The number of anilines is 1. The first-order chi connectivity index (χ1) is 11.8. The number of benzene rings is 1. The van der Waals surface area contributed by atoms with Crippen molar-refractivity contribution in [2.45, 2.75) is 57.7 Å². The van der Waals surface area contributed by atoms with E-state index in [1.165, 1.54) is 12.1 Å². The zero-order valence-corrected chi connectivity index (χ0v) is 16.2. The van der Waals surface area contributed by atoms with Crippen LogP contribution < -0.4 is 5.32 Å². The minimum Gasteiger partial charge on any atom is -0.465 e. The molecule has 6 heteroatoms. The zero-order chi connectivity index (χ0) is 18.7. The molecule has 0 amide bonds. The van der Waals surface area contributed by atoms with Gasteiger partial charge in [-0.25, -0.2) is 0 Å². The van der Waals surface area contributed by atoms with E-state index < -0.39 is 19.8 Å². The number of para-hydroxylation sites is 1. The lowest BCUT2D eigenvalue weighted by Gasteiger charge is -2.37. The first-order valence-electron chi connectivity index (χ1n) is 8.76. The van der Waals surface area contributed by atoms with Crippen LogP contribution in [0.25, 0.3) is 0 Å². The topological polar surface area (TPSA) is 25.2 Å². The second kappa shape index (κ2) is 7.68. The van der Waals surface area contributed by atoms with E-state index in [9.17, 15) is 13.2 Å². The fourth-order valence-electron chi connectivity index (χ4n) is 3.51. The lowest BCUT2D eigenvalue weighted by Crippen LogP contribution is -2.43. The van der Waals surface area contributed by atoms with Gasteiger partial charge in [0.25, 0.3) is 0 Å². The Morgan fingerprint density at radius 1 is 1.00 bits per heavy atom. The van der Waals surface area contributed by atoms with Gasteiger partial charge in [-0.2, -0.15) is 13.2 Å². The molecule has 1 heterocycles. The molecule has 0 aliphatic carbocycles. The number of hydrogen-bond donors (Lipinski definition) is 1. The molecule has 1 aromatic carbocycles. The van der Waals surface area contributed by atoms with E-state index in [0.717, 1.165) is 35.7 Å². The van der Waals surface area contributed by atoms with E-state index in [2.05, 4.69) is 26.1 Å². The highest BCUT2D eigenvalue weighted by molar-refractivity contribution is 6.81. The van der Waals surface area contributed by atoms with Gasteiger partial charge in [0.2, 0.25) is 0 Å². The Balaban J connectivity index is 2.52. The highest BCUT2D eigenvalue weighted by atomic mass is 28.3. The van der Waals surface area contributed by atoms with Crippen LogP contribution in [-0.4, -0.2) is 8.07 Å². The Labute approximate surface area is 148 Å². The monoisotopic (exact) mass is 369 g/mol. The van der Waals surface area contributed by atoms with E-state index in [1.807, 2.05) is 19.1 Å². The second-order valence-corrected chi connectivity index (χ2v) is 11.9. The number of alkyl halides is 3. The maximum Gasteiger partial charge on any atom is 0.418 e. The Kier molecular flexibility index (Phi) is 6.03. The molecule has 0 fully saturated rings. The highest BCUT2D eigenvalue weighted by Crippen LogP contribution is 2.41. The molecule has 0 radical (unpaired) electrons. The molecular weight excluding hydrogens is 343 g/mol. The molecule has 0 bridgehead atoms. The molecule has 0 aliphatic heterocycles. The van der Waals surface area contributed by atoms with E-state index in [0.29, 0.717) is 0 Å². The summed E-state index contributed by atoms with van der Waals surface area (Å²) in [6, 6.07) is 12.4. The molecule has 0 saturated heterocycles. The minimum atomic E-state index is -4.39. The smallest absolute Gasteiger partial charge is 0.418 e. The predicted molar refractivity (Wildman–Crippen MR) is 98.4 cm³/mol. The molecule has 2 nitrogen and oxygen atoms in total. The van der Waals surface area contributed by atoms with Gasteiger partial charge in [0, 0.05) is 5.69 Å². The number of aryl methyl sites for hydroxylation is 1. The molecule has 1 unspecified atom stereocenters. The lowest BCUT2D eigenvalue weighted by atomic mass is 10.1. The van der Waals surface area contributed by atoms with Gasteiger partial charge in [0.05, 0.1) is 19.3 Å². The summed E-state index contributed by atoms with van der Waals surface area (Å²) in [6.45, 7) is 8.27. The molecule has 1 N–H and O–H groups in total. The van der Waals surface area contributed by atoms with Crippen molar-refractivity contribution < 1.29 is 17.6 Å². The maximum atomic E-state index is 13.4. The van der Waals surface area contributed by atoms with E-state index in [1.54, 1.807) is 6.07 Å². The van der Waals surface area contributed by atoms with Crippen LogP contribution in [0.2, 0.25) is 18.1 Å². The van der Waals surface area contributed by atoms with E-state index in [-0.39, 0.29) is 11.4 Å². The molecule has 0 aliphatic rings. The normalized spacial score (nSPS) is 13.7. The molecule has 0 saturated carbocycles. The SMILES string of the molecule is CC[Si](CC)(CC)C(Nc1ccccc1C(F)(F)F)c1ccc(C)o1. The van der Waals surface area contributed by atoms with Crippen LogP contribution in [0.5, 0.6) is 0 Å². The highest BCUT2D eigenvalue weighted by Gasteiger charge is 2.41. The zero-order valence-electron chi connectivity index (χ0n) is 15.2. The van der Waals surface area contributed by atoms with E-state index in [4.69, 9.17) is 4.42 Å². The molecule has 25 heavy (non-hydrogen) atoms. The minimum absolute atomic E-state index is 0.126. The molecular formula is C19H26F3NOSi. The fraction of sp³-hybridized carbons (Fsp3) is 0.474. The Morgan fingerprint density at radius 3 is 2.08 bits per heavy atom. The average Bonchev–Trinajstić information content (AvgIpc) is 3.01. The van der Waals surface area contributed by atoms with Gasteiger partial charge in [-0.3, -0.25) is 0 Å². The number of halogens is 3. The Hall–Kier alpha value is -1.69. The van der Waals surface area contributed by atoms with Gasteiger partial charge >= 0.3 is 6.18 Å². The Bertz CT molecular complexity index is 684. The van der Waals surface area contributed by atoms with Crippen LogP contribution in [0.15, 0.2) is 40.8 Å². The summed E-state index contributed by atoms with van der Waals surface area (Å²) in [5.41, 5.74) is -0.694. The van der Waals surface area contributed by atoms with Crippen LogP contribution in [-0.2, 0) is 6.18 Å². The third-order valence-electron chi connectivity index (χ3n) is 5.30. The third-order valence-corrected chi connectivity index (χ3v) is 11.2. The summed E-state index contributed by atoms with van der Waals surface area (Å²) >= 11 is 0. The number of nitrogens with one attached hydrogen (secondary N) is 1. The summed E-state index contributed by atoms with van der Waals surface area (Å²) in [5, 5.41) is 3.23. The summed E-state index contributed by atoms with van der Waals surface area (Å²) < 4.78 is 46.0. The van der Waals surface area contributed by atoms with E-state index >= 15 is 0 Å². The largest absolute Gasteiger partial charge is 0.465 e. The van der Waals surface area contributed by atoms with Gasteiger partial charge in [0.15, 0.2) is 0 Å². The average molecular weight is 370 g/mol. The van der Waals surface area contributed by atoms with Crippen molar-refractivity contribution >= 4 is 13.8 Å². The van der Waals surface area contributed by atoms with Crippen molar-refractivity contribution in [3.63, 3.8) is 0 Å². The van der Waals surface area contributed by atoms with Crippen molar-refractivity contribution in [1.82, 2.24) is 0 Å².